The van der Waals surface area contributed by atoms with Crippen LogP contribution < -0.4 is 4.90 Å². The molecule has 4 aromatic rings. The van der Waals surface area contributed by atoms with Crippen molar-refractivity contribution in [2.24, 2.45) is 12.5 Å². The number of benzene rings is 2. The molecule has 0 radical (unpaired) electrons. The van der Waals surface area contributed by atoms with Crippen LogP contribution in [-0.4, -0.2) is 22.8 Å². The second-order valence-corrected chi connectivity index (χ2v) is 12.3. The molecule has 4 nitrogen and oxygen atoms in total. The summed E-state index contributed by atoms with van der Waals surface area (Å²) in [5.41, 5.74) is 8.57. The fourth-order valence-corrected chi connectivity index (χ4v) is 7.15. The summed E-state index contributed by atoms with van der Waals surface area (Å²) in [5, 5.41) is 7.04. The minimum atomic E-state index is 0.424. The molecule has 0 atom stereocenters. The summed E-state index contributed by atoms with van der Waals surface area (Å²) in [7, 11) is 2.14. The van der Waals surface area contributed by atoms with Crippen LogP contribution in [-0.2, 0) is 7.05 Å². The Morgan fingerprint density at radius 3 is 2.49 bits per heavy atom. The smallest absolute Gasteiger partial charge is 0.147 e. The monoisotopic (exact) mass is 531 g/mol. The Morgan fingerprint density at radius 1 is 1.05 bits per heavy atom. The fraction of sp³-hybridized carbons (Fsp3) is 0.387. The summed E-state index contributed by atoms with van der Waals surface area (Å²) >= 11 is 13.1. The van der Waals surface area contributed by atoms with E-state index >= 15 is 0 Å². The zero-order chi connectivity index (χ0) is 25.3. The normalized spacial score (nSPS) is 19.0. The quantitative estimate of drug-likeness (QED) is 0.263. The molecule has 2 aromatic carbocycles. The maximum atomic E-state index is 6.55. The Kier molecular flexibility index (Phi) is 5.49. The van der Waals surface area contributed by atoms with Gasteiger partial charge in [-0.15, -0.1) is 0 Å². The van der Waals surface area contributed by atoms with Crippen molar-refractivity contribution in [3.05, 3.63) is 75.1 Å². The first-order valence-corrected chi connectivity index (χ1v) is 14.1. The number of hydrogen-bond acceptors (Lipinski definition) is 3. The van der Waals surface area contributed by atoms with E-state index in [9.17, 15) is 0 Å². The van der Waals surface area contributed by atoms with Gasteiger partial charge in [-0.1, -0.05) is 46.1 Å². The molecule has 3 heterocycles. The summed E-state index contributed by atoms with van der Waals surface area (Å²) in [6.07, 6.45) is 11.7. The van der Waals surface area contributed by atoms with Crippen LogP contribution in [0, 0.1) is 12.3 Å². The van der Waals surface area contributed by atoms with E-state index in [1.165, 1.54) is 40.6 Å². The van der Waals surface area contributed by atoms with Gasteiger partial charge in [0.05, 0.1) is 15.6 Å². The van der Waals surface area contributed by atoms with Crippen LogP contribution in [0.5, 0.6) is 0 Å². The van der Waals surface area contributed by atoms with Gasteiger partial charge in [0, 0.05) is 54.5 Å². The fourth-order valence-electron chi connectivity index (χ4n) is 6.58. The highest BCUT2D eigenvalue weighted by Gasteiger charge is 2.43. The lowest BCUT2D eigenvalue weighted by Gasteiger charge is -2.50. The lowest BCUT2D eigenvalue weighted by molar-refractivity contribution is 0.155. The van der Waals surface area contributed by atoms with Gasteiger partial charge in [0.25, 0.3) is 0 Å². The van der Waals surface area contributed by atoms with Gasteiger partial charge in [-0.05, 0) is 86.8 Å². The number of piperidine rings is 1. The molecule has 2 saturated carbocycles. The summed E-state index contributed by atoms with van der Waals surface area (Å²) in [5.74, 6) is 1.47. The maximum Gasteiger partial charge on any atom is 0.147 e. The molecule has 1 spiro atoms. The Bertz CT molecular complexity index is 1520. The van der Waals surface area contributed by atoms with Crippen molar-refractivity contribution in [3.8, 4) is 11.3 Å². The predicted octanol–water partition coefficient (Wildman–Crippen LogP) is 8.79. The number of rotatable bonds is 4. The molecule has 3 fully saturated rings. The molecule has 0 bridgehead atoms. The minimum absolute atomic E-state index is 0.424. The number of allylic oxidation sites excluding steroid dienone is 1. The third-order valence-corrected chi connectivity index (χ3v) is 9.45. The number of nitrogens with zero attached hydrogens (tertiary/aromatic N) is 3. The molecular weight excluding hydrogens is 501 g/mol. The Hall–Kier alpha value is -2.69. The van der Waals surface area contributed by atoms with Crippen LogP contribution in [0.25, 0.3) is 28.2 Å². The van der Waals surface area contributed by atoms with E-state index in [1.807, 2.05) is 18.2 Å². The zero-order valence-electron chi connectivity index (χ0n) is 21.4. The predicted molar refractivity (Wildman–Crippen MR) is 153 cm³/mol. The van der Waals surface area contributed by atoms with Gasteiger partial charge in [-0.3, -0.25) is 0 Å². The van der Waals surface area contributed by atoms with Crippen LogP contribution in [0.4, 0.5) is 5.69 Å². The maximum absolute atomic E-state index is 6.55. The molecule has 2 aliphatic carbocycles. The third-order valence-electron chi connectivity index (χ3n) is 8.82. The van der Waals surface area contributed by atoms with Crippen LogP contribution in [0.15, 0.2) is 52.7 Å². The molecule has 0 N–H and O–H groups in total. The van der Waals surface area contributed by atoms with Gasteiger partial charge in [-0.25, -0.2) is 0 Å². The summed E-state index contributed by atoms with van der Waals surface area (Å²) in [4.78, 5) is 2.57. The molecule has 190 valence electrons. The lowest BCUT2D eigenvalue weighted by Crippen LogP contribution is -2.44. The number of hydrogen-bond donors (Lipinski definition) is 0. The van der Waals surface area contributed by atoms with E-state index in [0.717, 1.165) is 61.4 Å². The molecule has 7 rings (SSSR count). The van der Waals surface area contributed by atoms with Crippen molar-refractivity contribution in [2.75, 3.05) is 18.0 Å². The molecule has 1 saturated heterocycles. The number of aryl methyl sites for hydroxylation is 2. The average molecular weight is 533 g/mol. The van der Waals surface area contributed by atoms with Gasteiger partial charge < -0.3 is 14.0 Å². The number of fused-ring (bicyclic) bond motifs is 1. The van der Waals surface area contributed by atoms with Crippen molar-refractivity contribution in [3.63, 3.8) is 0 Å². The van der Waals surface area contributed by atoms with Crippen molar-refractivity contribution < 1.29 is 4.52 Å². The Morgan fingerprint density at radius 2 is 1.78 bits per heavy atom. The molecule has 6 heteroatoms. The Balaban J connectivity index is 1.10. The highest BCUT2D eigenvalue weighted by molar-refractivity contribution is 6.39. The number of aromatic nitrogens is 2. The number of anilines is 1. The van der Waals surface area contributed by atoms with E-state index in [1.54, 1.807) is 0 Å². The molecule has 0 unspecified atom stereocenters. The zero-order valence-corrected chi connectivity index (χ0v) is 22.9. The van der Waals surface area contributed by atoms with E-state index in [-0.39, 0.29) is 0 Å². The van der Waals surface area contributed by atoms with Gasteiger partial charge >= 0.3 is 0 Å². The summed E-state index contributed by atoms with van der Waals surface area (Å²) < 4.78 is 8.12. The van der Waals surface area contributed by atoms with Gasteiger partial charge in [0.15, 0.2) is 0 Å². The highest BCUT2D eigenvalue weighted by atomic mass is 35.5. The first kappa shape index (κ1) is 23.4. The van der Waals surface area contributed by atoms with Crippen LogP contribution >= 0.6 is 23.2 Å². The van der Waals surface area contributed by atoms with Gasteiger partial charge in [-0.2, -0.15) is 0 Å². The standard InChI is InChI=1S/C31H31Cl2N3O/c1-19-18-35(2)27-15-22(8-9-23(19)27)36-12-10-31(11-13-36)16-20(17-31)14-24-29(34-37-30(24)21-6-7-21)28-25(32)4-3-5-26(28)33/h3-5,8-9,14-15,18,21H,6-7,10-13,16-17H2,1-2H3. The van der Waals surface area contributed by atoms with E-state index in [2.05, 4.69) is 59.1 Å². The molecule has 0 amide bonds. The highest BCUT2D eigenvalue weighted by Crippen LogP contribution is 2.54. The van der Waals surface area contributed by atoms with Crippen LogP contribution in [0.2, 0.25) is 10.0 Å². The largest absolute Gasteiger partial charge is 0.371 e. The molecule has 3 aliphatic rings. The lowest BCUT2D eigenvalue weighted by atomic mass is 9.60. The van der Waals surface area contributed by atoms with E-state index in [4.69, 9.17) is 27.7 Å². The average Bonchev–Trinajstić information content (AvgIpc) is 3.57. The topological polar surface area (TPSA) is 34.2 Å². The minimum Gasteiger partial charge on any atom is -0.371 e. The summed E-state index contributed by atoms with van der Waals surface area (Å²) in [6.45, 7) is 4.42. The van der Waals surface area contributed by atoms with Crippen molar-refractivity contribution >= 4 is 45.9 Å². The Labute approximate surface area is 227 Å². The van der Waals surface area contributed by atoms with Gasteiger partial charge in [0.2, 0.25) is 0 Å². The molecule has 2 aromatic heterocycles. The first-order chi connectivity index (χ1) is 17.9. The van der Waals surface area contributed by atoms with Crippen molar-refractivity contribution in [1.82, 2.24) is 9.72 Å². The van der Waals surface area contributed by atoms with Crippen molar-refractivity contribution in [1.29, 1.82) is 0 Å². The van der Waals surface area contributed by atoms with Crippen molar-refractivity contribution in [2.45, 2.75) is 51.4 Å². The first-order valence-electron chi connectivity index (χ1n) is 13.3. The summed E-state index contributed by atoms with van der Waals surface area (Å²) in [6, 6.07) is 12.6. The SMILES string of the molecule is Cc1cn(C)c2cc(N3CCC4(CC3)CC(=Cc3c(-c5c(Cl)cccc5Cl)noc3C3CC3)C4)ccc12. The second-order valence-electron chi connectivity index (χ2n) is 11.4. The molecule has 37 heavy (non-hydrogen) atoms. The number of halogens is 2. The molecular formula is C31H31Cl2N3O. The van der Waals surface area contributed by atoms with Crippen LogP contribution in [0.1, 0.15) is 61.3 Å². The van der Waals surface area contributed by atoms with E-state index in [0.29, 0.717) is 21.4 Å². The van der Waals surface area contributed by atoms with Crippen LogP contribution in [0.3, 0.4) is 0 Å². The third kappa shape index (κ3) is 4.00. The van der Waals surface area contributed by atoms with Gasteiger partial charge in [0.1, 0.15) is 11.5 Å². The molecule has 1 aliphatic heterocycles. The second kappa shape index (κ2) is 8.68. The van der Waals surface area contributed by atoms with E-state index < -0.39 is 0 Å².